The van der Waals surface area contributed by atoms with Crippen LogP contribution in [0.25, 0.3) is 0 Å². The third-order valence-electron chi connectivity index (χ3n) is 1.66. The van der Waals surface area contributed by atoms with Crippen LogP contribution in [0.1, 0.15) is 10.4 Å². The van der Waals surface area contributed by atoms with Gasteiger partial charge < -0.3 is 5.11 Å². The summed E-state index contributed by atoms with van der Waals surface area (Å²) in [6, 6.07) is 1.36. The number of aromatic carboxylic acids is 1. The molecule has 0 saturated carbocycles. The lowest BCUT2D eigenvalue weighted by atomic mass is 10.1. The highest BCUT2D eigenvalue weighted by atomic mass is 35.5. The Kier molecular flexibility index (Phi) is 2.30. The molecule has 0 atom stereocenters. The Bertz CT molecular complexity index is 509. The second-order valence-corrected chi connectivity index (χ2v) is 3.82. The summed E-state index contributed by atoms with van der Waals surface area (Å²) < 4.78 is 7.72. The summed E-state index contributed by atoms with van der Waals surface area (Å²) in [5.41, 5.74) is 0.554. The lowest BCUT2D eigenvalue weighted by molar-refractivity contribution is 0.0698. The van der Waals surface area contributed by atoms with Gasteiger partial charge in [-0.25, -0.2) is 4.79 Å². The van der Waals surface area contributed by atoms with E-state index >= 15 is 0 Å². The first-order chi connectivity index (χ1) is 6.61. The van der Waals surface area contributed by atoms with Crippen LogP contribution in [-0.2, 0) is 11.4 Å². The highest BCUT2D eigenvalue weighted by molar-refractivity contribution is 7.58. The number of hydrogen-bond acceptors (Lipinski definition) is 3. The fraction of sp³-hybridized carbons (Fsp3) is 0. The largest absolute Gasteiger partial charge is 0.478 e. The number of carboxylic acid groups (broad SMARTS) is 1. The monoisotopic (exact) mass is 248 g/mol. The van der Waals surface area contributed by atoms with Crippen LogP contribution < -0.4 is 0 Å². The fourth-order valence-corrected chi connectivity index (χ4v) is 2.27. The van der Waals surface area contributed by atoms with Gasteiger partial charge in [0.05, 0.1) is 21.4 Å². The van der Waals surface area contributed by atoms with Crippen molar-refractivity contribution in [3.8, 4) is 0 Å². The highest BCUT2D eigenvalue weighted by Crippen LogP contribution is 2.44. The Morgan fingerprint density at radius 3 is 2.57 bits per heavy atom. The van der Waals surface area contributed by atoms with Gasteiger partial charge in [-0.05, 0) is 6.07 Å². The van der Waals surface area contributed by atoms with Crippen molar-refractivity contribution in [2.75, 3.05) is 0 Å². The molecule has 72 valence electrons. The number of carbonyl (C=O) groups is 1. The average Bonchev–Trinajstić information content (AvgIpc) is 2.51. The molecule has 1 N–H and O–H groups in total. The Morgan fingerprint density at radius 2 is 1.93 bits per heavy atom. The van der Waals surface area contributed by atoms with Crippen LogP contribution in [0.4, 0.5) is 11.4 Å². The van der Waals surface area contributed by atoms with Gasteiger partial charge in [0, 0.05) is 0 Å². The zero-order valence-electron chi connectivity index (χ0n) is 6.49. The van der Waals surface area contributed by atoms with Crippen molar-refractivity contribution in [2.45, 2.75) is 0 Å². The van der Waals surface area contributed by atoms with Crippen LogP contribution in [0, 0.1) is 0 Å². The molecule has 0 aliphatic carbocycles. The maximum Gasteiger partial charge on any atom is 0.339 e. The first-order valence-electron chi connectivity index (χ1n) is 3.45. The third kappa shape index (κ3) is 1.33. The van der Waals surface area contributed by atoms with E-state index in [-0.39, 0.29) is 16.3 Å². The summed E-state index contributed by atoms with van der Waals surface area (Å²) in [6.45, 7) is 0. The molecule has 4 nitrogen and oxygen atoms in total. The normalized spacial score (nSPS) is 12.4. The van der Waals surface area contributed by atoms with E-state index < -0.39 is 5.97 Å². The van der Waals surface area contributed by atoms with Crippen molar-refractivity contribution in [3.05, 3.63) is 21.7 Å². The van der Waals surface area contributed by atoms with E-state index in [4.69, 9.17) is 28.3 Å². The van der Waals surface area contributed by atoms with Gasteiger partial charge in [-0.3, -0.25) is 0 Å². The number of nitrogens with zero attached hydrogens (tertiary/aromatic N) is 2. The van der Waals surface area contributed by atoms with Crippen molar-refractivity contribution < 1.29 is 9.90 Å². The first kappa shape index (κ1) is 9.64. The van der Waals surface area contributed by atoms with Crippen molar-refractivity contribution in [3.63, 3.8) is 0 Å². The molecule has 1 heterocycles. The molecule has 0 amide bonds. The molecule has 0 radical (unpaired) electrons. The first-order valence-corrected chi connectivity index (χ1v) is 4.93. The van der Waals surface area contributed by atoms with Crippen molar-refractivity contribution in [2.24, 2.45) is 8.73 Å². The second-order valence-electron chi connectivity index (χ2n) is 2.48. The summed E-state index contributed by atoms with van der Waals surface area (Å²) in [7, 11) is 0. The average molecular weight is 249 g/mol. The van der Waals surface area contributed by atoms with Gasteiger partial charge in [0.25, 0.3) is 0 Å². The standard InChI is InChI=1S/C7H2Cl2N2O2S/c8-2-1-3(9)5-6(11-14-10-5)4(2)7(12)13/h1H,(H,12,13). The molecule has 1 aromatic carbocycles. The lowest BCUT2D eigenvalue weighted by Crippen LogP contribution is -1.97. The molecule has 0 fully saturated rings. The van der Waals surface area contributed by atoms with E-state index in [2.05, 4.69) is 8.73 Å². The third-order valence-corrected chi connectivity index (χ3v) is 2.77. The zero-order valence-corrected chi connectivity index (χ0v) is 8.82. The number of hydrogen-bond donors (Lipinski definition) is 1. The molecule has 0 unspecified atom stereocenters. The van der Waals surface area contributed by atoms with Gasteiger partial charge in [-0.15, -0.1) is 0 Å². The van der Waals surface area contributed by atoms with Crippen LogP contribution >= 0.6 is 23.2 Å². The van der Waals surface area contributed by atoms with Crippen molar-refractivity contribution >= 4 is 51.9 Å². The second kappa shape index (κ2) is 3.34. The highest BCUT2D eigenvalue weighted by Gasteiger charge is 2.22. The number of halogens is 2. The van der Waals surface area contributed by atoms with Crippen LogP contribution in [0.15, 0.2) is 14.8 Å². The summed E-state index contributed by atoms with van der Waals surface area (Å²) >= 11 is 12.4. The van der Waals surface area contributed by atoms with Gasteiger partial charge >= 0.3 is 5.97 Å². The van der Waals surface area contributed by atoms with Crippen LogP contribution in [-0.4, -0.2) is 11.1 Å². The molecular weight excluding hydrogens is 247 g/mol. The smallest absolute Gasteiger partial charge is 0.339 e. The maximum atomic E-state index is 10.9. The molecule has 14 heavy (non-hydrogen) atoms. The summed E-state index contributed by atoms with van der Waals surface area (Å²) in [5.74, 6) is -1.13. The van der Waals surface area contributed by atoms with Crippen molar-refractivity contribution in [1.29, 1.82) is 0 Å². The Hall–Kier alpha value is -0.910. The van der Waals surface area contributed by atoms with E-state index in [0.29, 0.717) is 10.7 Å². The van der Waals surface area contributed by atoms with E-state index in [1.165, 1.54) is 6.07 Å². The molecule has 0 saturated heterocycles. The van der Waals surface area contributed by atoms with E-state index in [1.54, 1.807) is 0 Å². The van der Waals surface area contributed by atoms with Crippen LogP contribution in [0.5, 0.6) is 0 Å². The molecule has 0 bridgehead atoms. The van der Waals surface area contributed by atoms with Crippen LogP contribution in [0.3, 0.4) is 0 Å². The minimum Gasteiger partial charge on any atom is -0.478 e. The molecule has 7 heteroatoms. The Labute approximate surface area is 92.3 Å². The predicted octanol–water partition coefficient (Wildman–Crippen LogP) is 3.42. The summed E-state index contributed by atoms with van der Waals surface area (Å²) in [4.78, 5) is 10.9. The number of benzene rings is 1. The number of carboxylic acids is 1. The SMILES string of the molecule is O=C(O)c1c(Cl)cc(Cl)c2c1N=S=N2. The molecule has 0 spiro atoms. The van der Waals surface area contributed by atoms with Gasteiger partial charge in [0.2, 0.25) is 0 Å². The van der Waals surface area contributed by atoms with Gasteiger partial charge in [0.1, 0.15) is 16.9 Å². The minimum atomic E-state index is -1.13. The predicted molar refractivity (Wildman–Crippen MR) is 55.0 cm³/mol. The molecule has 1 aliphatic rings. The zero-order chi connectivity index (χ0) is 10.3. The van der Waals surface area contributed by atoms with E-state index in [9.17, 15) is 4.79 Å². The van der Waals surface area contributed by atoms with Gasteiger partial charge in [0.15, 0.2) is 0 Å². The van der Waals surface area contributed by atoms with E-state index in [0.717, 1.165) is 11.4 Å². The Balaban J connectivity index is 2.80. The molecule has 2 rings (SSSR count). The van der Waals surface area contributed by atoms with E-state index in [1.807, 2.05) is 0 Å². The molecular formula is C7H2Cl2N2O2S. The Morgan fingerprint density at radius 1 is 1.29 bits per heavy atom. The number of fused-ring (bicyclic) bond motifs is 1. The van der Waals surface area contributed by atoms with Crippen molar-refractivity contribution in [1.82, 2.24) is 0 Å². The van der Waals surface area contributed by atoms with Gasteiger partial charge in [-0.1, -0.05) is 23.2 Å². The summed E-state index contributed by atoms with van der Waals surface area (Å²) in [5, 5.41) is 9.26. The van der Waals surface area contributed by atoms with Crippen LogP contribution in [0.2, 0.25) is 10.0 Å². The van der Waals surface area contributed by atoms with Gasteiger partial charge in [-0.2, -0.15) is 8.73 Å². The fourth-order valence-electron chi connectivity index (χ4n) is 1.08. The maximum absolute atomic E-state index is 10.9. The lowest BCUT2D eigenvalue weighted by Gasteiger charge is -2.04. The molecule has 1 aromatic rings. The molecule has 1 aliphatic heterocycles. The number of rotatable bonds is 1. The quantitative estimate of drug-likeness (QED) is 0.841. The topological polar surface area (TPSA) is 62.0 Å². The molecule has 0 aromatic heterocycles. The minimum absolute atomic E-state index is 0.0557. The summed E-state index contributed by atoms with van der Waals surface area (Å²) in [6.07, 6.45) is 0.